The smallest absolute Gasteiger partial charge is 0.276 e. The molecular weight excluding hydrogens is 370 g/mol. The Balaban J connectivity index is 1.31. The van der Waals surface area contributed by atoms with Gasteiger partial charge in [0.15, 0.2) is 5.69 Å². The molecule has 4 heterocycles. The highest BCUT2D eigenvalue weighted by Gasteiger charge is 2.26. The predicted octanol–water partition coefficient (Wildman–Crippen LogP) is 2.03. The SMILES string of the molecule is CN(CCC[C@@H]1CCCO1)Cc1cc2n(n1)CCN(C(=O)c1ncccc1O)C2. The fraction of sp³-hybridized carbons (Fsp3) is 0.571. The number of carbonyl (C=O) groups is 1. The van der Waals surface area contributed by atoms with Crippen molar-refractivity contribution in [1.29, 1.82) is 0 Å². The molecule has 1 atom stereocenters. The molecule has 8 nitrogen and oxygen atoms in total. The first-order valence-corrected chi connectivity index (χ1v) is 10.4. The second kappa shape index (κ2) is 8.92. The van der Waals surface area contributed by atoms with Gasteiger partial charge in [0.05, 0.1) is 30.6 Å². The highest BCUT2D eigenvalue weighted by Crippen LogP contribution is 2.21. The maximum absolute atomic E-state index is 12.7. The van der Waals surface area contributed by atoms with E-state index in [0.717, 1.165) is 43.9 Å². The van der Waals surface area contributed by atoms with Gasteiger partial charge in [-0.25, -0.2) is 4.98 Å². The molecule has 4 rings (SSSR count). The maximum Gasteiger partial charge on any atom is 0.276 e. The minimum Gasteiger partial charge on any atom is -0.505 e. The summed E-state index contributed by atoms with van der Waals surface area (Å²) in [5, 5.41) is 14.6. The number of fused-ring (bicyclic) bond motifs is 1. The highest BCUT2D eigenvalue weighted by molar-refractivity contribution is 5.94. The fourth-order valence-electron chi connectivity index (χ4n) is 4.10. The Morgan fingerprint density at radius 3 is 3.10 bits per heavy atom. The third-order valence-corrected chi connectivity index (χ3v) is 5.65. The molecule has 0 radical (unpaired) electrons. The van der Waals surface area contributed by atoms with Crippen LogP contribution in [-0.2, 0) is 24.4 Å². The maximum atomic E-state index is 12.7. The lowest BCUT2D eigenvalue weighted by molar-refractivity contribution is 0.0696. The first kappa shape index (κ1) is 19.8. The van der Waals surface area contributed by atoms with Crippen molar-refractivity contribution in [3.05, 3.63) is 41.5 Å². The summed E-state index contributed by atoms with van der Waals surface area (Å²) in [6, 6.07) is 5.18. The van der Waals surface area contributed by atoms with Gasteiger partial charge in [-0.1, -0.05) is 0 Å². The van der Waals surface area contributed by atoms with Gasteiger partial charge >= 0.3 is 0 Å². The lowest BCUT2D eigenvalue weighted by Crippen LogP contribution is -2.38. The van der Waals surface area contributed by atoms with E-state index in [9.17, 15) is 9.90 Å². The fourth-order valence-corrected chi connectivity index (χ4v) is 4.10. The van der Waals surface area contributed by atoms with Crippen molar-refractivity contribution in [2.45, 2.75) is 51.4 Å². The molecule has 1 amide bonds. The van der Waals surface area contributed by atoms with Crippen LogP contribution in [0.25, 0.3) is 0 Å². The second-order valence-corrected chi connectivity index (χ2v) is 7.96. The summed E-state index contributed by atoms with van der Waals surface area (Å²) in [7, 11) is 2.12. The van der Waals surface area contributed by atoms with Crippen molar-refractivity contribution in [1.82, 2.24) is 24.6 Å². The average Bonchev–Trinajstić information content (AvgIpc) is 3.36. The number of rotatable bonds is 7. The summed E-state index contributed by atoms with van der Waals surface area (Å²) in [6.07, 6.45) is 6.62. The van der Waals surface area contributed by atoms with Crippen LogP contribution in [0.3, 0.4) is 0 Å². The molecule has 29 heavy (non-hydrogen) atoms. The average molecular weight is 399 g/mol. The van der Waals surface area contributed by atoms with Crippen LogP contribution in [0.15, 0.2) is 24.4 Å². The minimum atomic E-state index is -0.247. The summed E-state index contributed by atoms with van der Waals surface area (Å²) in [6.45, 7) is 4.41. The van der Waals surface area contributed by atoms with Gasteiger partial charge in [-0.2, -0.15) is 5.10 Å². The lowest BCUT2D eigenvalue weighted by Gasteiger charge is -2.27. The number of hydrogen-bond acceptors (Lipinski definition) is 6. The molecule has 0 aromatic carbocycles. The Labute approximate surface area is 171 Å². The number of hydrogen-bond donors (Lipinski definition) is 1. The van der Waals surface area contributed by atoms with Gasteiger partial charge in [0, 0.05) is 25.9 Å². The molecular formula is C21H29N5O3. The van der Waals surface area contributed by atoms with Crippen LogP contribution < -0.4 is 0 Å². The van der Waals surface area contributed by atoms with Crippen LogP contribution in [0.4, 0.5) is 0 Å². The van der Waals surface area contributed by atoms with E-state index in [1.165, 1.54) is 25.1 Å². The minimum absolute atomic E-state index is 0.0816. The van der Waals surface area contributed by atoms with Crippen LogP contribution in [0, 0.1) is 0 Å². The molecule has 2 aliphatic heterocycles. The molecule has 156 valence electrons. The number of ether oxygens (including phenoxy) is 1. The molecule has 2 aromatic rings. The Hall–Kier alpha value is -2.45. The third kappa shape index (κ3) is 4.76. The van der Waals surface area contributed by atoms with Gasteiger partial charge in [0.25, 0.3) is 5.91 Å². The number of pyridine rings is 1. The van der Waals surface area contributed by atoms with E-state index in [1.54, 1.807) is 11.0 Å². The molecule has 0 unspecified atom stereocenters. The van der Waals surface area contributed by atoms with Crippen molar-refractivity contribution in [2.24, 2.45) is 0 Å². The molecule has 1 saturated heterocycles. The van der Waals surface area contributed by atoms with Crippen molar-refractivity contribution < 1.29 is 14.6 Å². The molecule has 0 bridgehead atoms. The molecule has 1 N–H and O–H groups in total. The summed E-state index contributed by atoms with van der Waals surface area (Å²) >= 11 is 0. The van der Waals surface area contributed by atoms with E-state index in [0.29, 0.717) is 25.7 Å². The molecule has 0 saturated carbocycles. The topological polar surface area (TPSA) is 83.7 Å². The zero-order chi connectivity index (χ0) is 20.2. The number of carbonyl (C=O) groups excluding carboxylic acids is 1. The Morgan fingerprint density at radius 2 is 2.31 bits per heavy atom. The first-order chi connectivity index (χ1) is 14.1. The summed E-state index contributed by atoms with van der Waals surface area (Å²) in [5.41, 5.74) is 2.14. The predicted molar refractivity (Wildman–Crippen MR) is 107 cm³/mol. The number of aromatic nitrogens is 3. The van der Waals surface area contributed by atoms with Crippen LogP contribution >= 0.6 is 0 Å². The second-order valence-electron chi connectivity index (χ2n) is 7.96. The van der Waals surface area contributed by atoms with E-state index < -0.39 is 0 Å². The van der Waals surface area contributed by atoms with E-state index in [1.807, 2.05) is 4.68 Å². The Bertz CT molecular complexity index is 847. The molecule has 2 aromatic heterocycles. The number of amides is 1. The lowest BCUT2D eigenvalue weighted by atomic mass is 10.1. The van der Waals surface area contributed by atoms with Gasteiger partial charge in [-0.15, -0.1) is 0 Å². The van der Waals surface area contributed by atoms with E-state index in [4.69, 9.17) is 9.84 Å². The largest absolute Gasteiger partial charge is 0.505 e. The van der Waals surface area contributed by atoms with Crippen LogP contribution in [0.2, 0.25) is 0 Å². The van der Waals surface area contributed by atoms with Crippen LogP contribution in [-0.4, -0.2) is 68.4 Å². The van der Waals surface area contributed by atoms with Gasteiger partial charge in [0.2, 0.25) is 0 Å². The molecule has 0 aliphatic carbocycles. The van der Waals surface area contributed by atoms with Crippen molar-refractivity contribution in [2.75, 3.05) is 26.7 Å². The van der Waals surface area contributed by atoms with Crippen LogP contribution in [0.1, 0.15) is 47.6 Å². The Morgan fingerprint density at radius 1 is 1.41 bits per heavy atom. The standard InChI is InChI=1S/C21H29N5O3/c1-24(9-3-5-18-6-4-12-29-18)14-16-13-17-15-25(10-11-26(17)23-16)21(28)20-19(27)7-2-8-22-20/h2,7-8,13,18,27H,3-6,9-12,14-15H2,1H3/t18-/m1/s1. The zero-order valence-corrected chi connectivity index (χ0v) is 17.0. The Kier molecular flexibility index (Phi) is 6.10. The summed E-state index contributed by atoms with van der Waals surface area (Å²) < 4.78 is 7.67. The third-order valence-electron chi connectivity index (χ3n) is 5.65. The summed E-state index contributed by atoms with van der Waals surface area (Å²) in [4.78, 5) is 20.7. The van der Waals surface area contributed by atoms with Crippen molar-refractivity contribution in [3.63, 3.8) is 0 Å². The normalized spacial score (nSPS) is 19.0. The molecule has 8 heteroatoms. The quantitative estimate of drug-likeness (QED) is 0.767. The zero-order valence-electron chi connectivity index (χ0n) is 17.0. The molecule has 1 fully saturated rings. The van der Waals surface area contributed by atoms with E-state index >= 15 is 0 Å². The van der Waals surface area contributed by atoms with Gasteiger partial charge < -0.3 is 19.6 Å². The summed E-state index contributed by atoms with van der Waals surface area (Å²) in [5.74, 6) is -0.328. The van der Waals surface area contributed by atoms with Crippen molar-refractivity contribution in [3.8, 4) is 5.75 Å². The number of aromatic hydroxyl groups is 1. The van der Waals surface area contributed by atoms with Crippen LogP contribution in [0.5, 0.6) is 5.75 Å². The molecule has 0 spiro atoms. The number of nitrogens with zero attached hydrogens (tertiary/aromatic N) is 5. The van der Waals surface area contributed by atoms with E-state index in [2.05, 4.69) is 23.0 Å². The van der Waals surface area contributed by atoms with Gasteiger partial charge in [0.1, 0.15) is 5.75 Å². The molecule has 2 aliphatic rings. The monoisotopic (exact) mass is 399 g/mol. The van der Waals surface area contributed by atoms with Gasteiger partial charge in [-0.05, 0) is 57.5 Å². The highest BCUT2D eigenvalue weighted by atomic mass is 16.5. The van der Waals surface area contributed by atoms with Gasteiger partial charge in [-0.3, -0.25) is 9.48 Å². The van der Waals surface area contributed by atoms with E-state index in [-0.39, 0.29) is 17.4 Å². The van der Waals surface area contributed by atoms with Crippen molar-refractivity contribution >= 4 is 5.91 Å². The first-order valence-electron chi connectivity index (χ1n) is 10.4.